The van der Waals surface area contributed by atoms with Crippen LogP contribution in [0.5, 0.6) is 11.5 Å². The lowest BCUT2D eigenvalue weighted by Crippen LogP contribution is -2.67. The molecule has 3 rings (SSSR count). The van der Waals surface area contributed by atoms with Gasteiger partial charge in [-0.3, -0.25) is 9.69 Å². The van der Waals surface area contributed by atoms with Gasteiger partial charge in [-0.05, 0) is 40.2 Å². The minimum Gasteiger partial charge on any atom is -0.454 e. The summed E-state index contributed by atoms with van der Waals surface area (Å²) in [5.41, 5.74) is 0.409. The van der Waals surface area contributed by atoms with Crippen LogP contribution in [0.4, 0.5) is 0 Å². The molecule has 0 aromatic heterocycles. The molecule has 2 heterocycles. The molecule has 120 valence electrons. The Morgan fingerprint density at radius 3 is 2.77 bits per heavy atom. The average molecular weight is 304 g/mol. The Bertz CT molecular complexity index is 594. The fraction of sp³-hybridized carbons (Fsp3) is 0.588. The fourth-order valence-corrected chi connectivity index (χ4v) is 2.91. The molecule has 1 aromatic carbocycles. The highest BCUT2D eigenvalue weighted by Gasteiger charge is 2.47. The molecule has 0 aliphatic carbocycles. The number of hydrogen-bond acceptors (Lipinski definition) is 4. The average Bonchev–Trinajstić information content (AvgIpc) is 2.89. The van der Waals surface area contributed by atoms with Crippen molar-refractivity contribution in [2.75, 3.05) is 13.3 Å². The summed E-state index contributed by atoms with van der Waals surface area (Å²) < 4.78 is 11.0. The van der Waals surface area contributed by atoms with Gasteiger partial charge >= 0.3 is 0 Å². The topological polar surface area (TPSA) is 50.8 Å². The van der Waals surface area contributed by atoms with E-state index in [2.05, 4.69) is 10.2 Å². The van der Waals surface area contributed by atoms with Gasteiger partial charge in [0.05, 0.1) is 5.54 Å². The third-order valence-corrected chi connectivity index (χ3v) is 4.38. The quantitative estimate of drug-likeness (QED) is 0.931. The number of carbonyl (C=O) groups excluding carboxylic acids is 1. The Morgan fingerprint density at radius 1 is 1.36 bits per heavy atom. The van der Waals surface area contributed by atoms with Gasteiger partial charge in [-0.1, -0.05) is 12.1 Å². The van der Waals surface area contributed by atoms with E-state index in [-0.39, 0.29) is 18.2 Å². The van der Waals surface area contributed by atoms with Crippen LogP contribution in [-0.2, 0) is 11.3 Å². The van der Waals surface area contributed by atoms with Crippen LogP contribution in [0.25, 0.3) is 0 Å². The van der Waals surface area contributed by atoms with E-state index in [1.165, 1.54) is 0 Å². The van der Waals surface area contributed by atoms with Gasteiger partial charge in [0, 0.05) is 24.2 Å². The van der Waals surface area contributed by atoms with Crippen LogP contribution in [0.2, 0.25) is 0 Å². The second-order valence-corrected chi connectivity index (χ2v) is 7.30. The predicted octanol–water partition coefficient (Wildman–Crippen LogP) is 2.29. The highest BCUT2D eigenvalue weighted by atomic mass is 16.7. The minimum atomic E-state index is -0.449. The fourth-order valence-electron chi connectivity index (χ4n) is 2.91. The Hall–Kier alpha value is -1.75. The molecule has 1 N–H and O–H groups in total. The first-order chi connectivity index (χ1) is 10.3. The van der Waals surface area contributed by atoms with E-state index in [0.29, 0.717) is 6.54 Å². The number of hydrogen-bond donors (Lipinski definition) is 1. The van der Waals surface area contributed by atoms with Crippen LogP contribution < -0.4 is 14.8 Å². The van der Waals surface area contributed by atoms with E-state index in [9.17, 15) is 4.79 Å². The molecule has 2 aliphatic rings. The van der Waals surface area contributed by atoms with E-state index in [4.69, 9.17) is 9.47 Å². The van der Waals surface area contributed by atoms with Crippen molar-refractivity contribution in [1.82, 2.24) is 10.2 Å². The monoisotopic (exact) mass is 304 g/mol. The number of likely N-dealkylation sites (tertiary alicyclic amines) is 1. The standard InChI is InChI=1S/C17H24N2O3/c1-16(2,3)18-15(20)17(4)8-9-19(17)10-12-6-5-7-13-14(12)22-11-21-13/h5-7H,8-11H2,1-4H3,(H,18,20). The molecule has 5 nitrogen and oxygen atoms in total. The summed E-state index contributed by atoms with van der Waals surface area (Å²) in [6, 6.07) is 5.91. The Labute approximate surface area is 131 Å². The normalized spacial score (nSPS) is 24.0. The highest BCUT2D eigenvalue weighted by molar-refractivity contribution is 5.87. The third-order valence-electron chi connectivity index (χ3n) is 4.38. The number of nitrogens with one attached hydrogen (secondary N) is 1. The molecule has 1 unspecified atom stereocenters. The van der Waals surface area contributed by atoms with Crippen LogP contribution in [-0.4, -0.2) is 35.2 Å². The van der Waals surface area contributed by atoms with E-state index >= 15 is 0 Å². The number of rotatable bonds is 3. The van der Waals surface area contributed by atoms with Gasteiger partial charge in [-0.2, -0.15) is 0 Å². The maximum Gasteiger partial charge on any atom is 0.240 e. The molecule has 0 spiro atoms. The van der Waals surface area contributed by atoms with Gasteiger partial charge in [-0.25, -0.2) is 0 Å². The summed E-state index contributed by atoms with van der Waals surface area (Å²) in [6.45, 7) is 9.91. The summed E-state index contributed by atoms with van der Waals surface area (Å²) in [4.78, 5) is 14.8. The lowest BCUT2D eigenvalue weighted by atomic mass is 9.84. The second kappa shape index (κ2) is 5.16. The van der Waals surface area contributed by atoms with Crippen molar-refractivity contribution in [2.24, 2.45) is 0 Å². The van der Waals surface area contributed by atoms with Gasteiger partial charge in [0.15, 0.2) is 11.5 Å². The molecule has 22 heavy (non-hydrogen) atoms. The van der Waals surface area contributed by atoms with E-state index in [1.54, 1.807) is 0 Å². The highest BCUT2D eigenvalue weighted by Crippen LogP contribution is 2.39. The van der Waals surface area contributed by atoms with Gasteiger partial charge in [0.2, 0.25) is 12.7 Å². The van der Waals surface area contributed by atoms with E-state index in [0.717, 1.165) is 30.0 Å². The van der Waals surface area contributed by atoms with Crippen LogP contribution >= 0.6 is 0 Å². The number of nitrogens with zero attached hydrogens (tertiary/aromatic N) is 1. The maximum atomic E-state index is 12.6. The first-order valence-corrected chi connectivity index (χ1v) is 7.75. The summed E-state index contributed by atoms with van der Waals surface area (Å²) in [6.07, 6.45) is 0.876. The molecular weight excluding hydrogens is 280 g/mol. The van der Waals surface area contributed by atoms with Crippen molar-refractivity contribution < 1.29 is 14.3 Å². The zero-order chi connectivity index (χ0) is 16.0. The molecule has 2 aliphatic heterocycles. The van der Waals surface area contributed by atoms with Crippen molar-refractivity contribution in [3.8, 4) is 11.5 Å². The number of ether oxygens (including phenoxy) is 2. The van der Waals surface area contributed by atoms with Gasteiger partial charge in [-0.15, -0.1) is 0 Å². The van der Waals surface area contributed by atoms with Gasteiger partial charge in [0.1, 0.15) is 0 Å². The Balaban J connectivity index is 1.74. The lowest BCUT2D eigenvalue weighted by molar-refractivity contribution is -0.143. The molecule has 1 fully saturated rings. The lowest BCUT2D eigenvalue weighted by Gasteiger charge is -2.50. The molecule has 1 amide bonds. The van der Waals surface area contributed by atoms with Crippen LogP contribution in [0.15, 0.2) is 18.2 Å². The molecule has 1 aromatic rings. The van der Waals surface area contributed by atoms with Crippen molar-refractivity contribution in [3.63, 3.8) is 0 Å². The molecule has 1 saturated heterocycles. The number of amides is 1. The zero-order valence-corrected chi connectivity index (χ0v) is 13.7. The van der Waals surface area contributed by atoms with E-state index in [1.807, 2.05) is 45.9 Å². The number of benzene rings is 1. The van der Waals surface area contributed by atoms with E-state index < -0.39 is 5.54 Å². The molecular formula is C17H24N2O3. The SMILES string of the molecule is CC(C)(C)NC(=O)C1(C)CCN1Cc1cccc2c1OCO2. The Morgan fingerprint density at radius 2 is 2.14 bits per heavy atom. The van der Waals surface area contributed by atoms with Crippen LogP contribution in [0, 0.1) is 0 Å². The summed E-state index contributed by atoms with van der Waals surface area (Å²) in [5.74, 6) is 1.70. The first kappa shape index (κ1) is 15.2. The first-order valence-electron chi connectivity index (χ1n) is 7.75. The molecule has 0 saturated carbocycles. The molecule has 5 heteroatoms. The predicted molar refractivity (Wildman–Crippen MR) is 83.9 cm³/mol. The van der Waals surface area contributed by atoms with Crippen molar-refractivity contribution in [1.29, 1.82) is 0 Å². The summed E-state index contributed by atoms with van der Waals surface area (Å²) in [7, 11) is 0. The third kappa shape index (κ3) is 2.65. The number of para-hydroxylation sites is 1. The summed E-state index contributed by atoms with van der Waals surface area (Å²) in [5, 5.41) is 3.09. The van der Waals surface area contributed by atoms with Crippen LogP contribution in [0.1, 0.15) is 39.7 Å². The van der Waals surface area contributed by atoms with Crippen molar-refractivity contribution in [3.05, 3.63) is 23.8 Å². The largest absolute Gasteiger partial charge is 0.454 e. The minimum absolute atomic E-state index is 0.0935. The maximum absolute atomic E-state index is 12.6. The summed E-state index contributed by atoms with van der Waals surface area (Å²) >= 11 is 0. The van der Waals surface area contributed by atoms with Crippen LogP contribution in [0.3, 0.4) is 0 Å². The van der Waals surface area contributed by atoms with Gasteiger partial charge in [0.25, 0.3) is 0 Å². The molecule has 1 atom stereocenters. The number of carbonyl (C=O) groups is 1. The molecule has 0 radical (unpaired) electrons. The second-order valence-electron chi connectivity index (χ2n) is 7.30. The number of fused-ring (bicyclic) bond motifs is 1. The Kier molecular flexibility index (Phi) is 3.56. The smallest absolute Gasteiger partial charge is 0.240 e. The molecule has 0 bridgehead atoms. The van der Waals surface area contributed by atoms with Gasteiger partial charge < -0.3 is 14.8 Å². The van der Waals surface area contributed by atoms with Crippen molar-refractivity contribution in [2.45, 2.75) is 51.7 Å². The zero-order valence-electron chi connectivity index (χ0n) is 13.7. The van der Waals surface area contributed by atoms with Crippen molar-refractivity contribution >= 4 is 5.91 Å².